The van der Waals surface area contributed by atoms with Crippen molar-refractivity contribution in [2.24, 2.45) is 0 Å². The Bertz CT molecular complexity index is 718. The maximum atomic E-state index is 14.0. The molecule has 0 bridgehead atoms. The van der Waals surface area contributed by atoms with Gasteiger partial charge in [-0.15, -0.1) is 0 Å². The molecule has 3 nitrogen and oxygen atoms in total. The van der Waals surface area contributed by atoms with Crippen molar-refractivity contribution in [1.82, 2.24) is 4.90 Å². The molecule has 0 aromatic heterocycles. The van der Waals surface area contributed by atoms with Crippen LogP contribution in [0.1, 0.15) is 22.3 Å². The van der Waals surface area contributed by atoms with Gasteiger partial charge in [0, 0.05) is 30.9 Å². The molecule has 1 heterocycles. The van der Waals surface area contributed by atoms with Gasteiger partial charge in [-0.1, -0.05) is 18.2 Å². The number of halogens is 1. The molecule has 1 aliphatic heterocycles. The lowest BCUT2D eigenvalue weighted by Crippen LogP contribution is -2.31. The van der Waals surface area contributed by atoms with Crippen molar-refractivity contribution in [2.75, 3.05) is 12.3 Å². The summed E-state index contributed by atoms with van der Waals surface area (Å²) >= 11 is 0. The fourth-order valence-electron chi connectivity index (χ4n) is 2.78. The second kappa shape index (κ2) is 5.55. The molecule has 2 N–H and O–H groups in total. The highest BCUT2D eigenvalue weighted by Crippen LogP contribution is 2.25. The maximum absolute atomic E-state index is 14.0. The van der Waals surface area contributed by atoms with E-state index in [1.807, 2.05) is 18.2 Å². The first-order valence-electron chi connectivity index (χ1n) is 6.94. The average molecular weight is 281 g/mol. The van der Waals surface area contributed by atoms with Gasteiger partial charge in [-0.05, 0) is 35.7 Å². The topological polar surface area (TPSA) is 53.0 Å². The zero-order valence-electron chi connectivity index (χ0n) is 11.6. The van der Waals surface area contributed by atoms with Crippen LogP contribution in [0.4, 0.5) is 10.1 Å². The van der Waals surface area contributed by atoms with E-state index in [1.165, 1.54) is 11.6 Å². The quantitative estimate of drug-likeness (QED) is 0.861. The largest absolute Gasteiger partial charge is 0.398 e. The van der Waals surface area contributed by atoms with Crippen LogP contribution in [-0.4, -0.2) is 11.4 Å². The zero-order chi connectivity index (χ0) is 14.8. The summed E-state index contributed by atoms with van der Waals surface area (Å²) in [5, 5.41) is 8.77. The lowest BCUT2D eigenvalue weighted by Gasteiger charge is -2.29. The molecule has 0 amide bonds. The Hall–Kier alpha value is -2.38. The molecule has 0 saturated carbocycles. The molecular formula is C17H16FN3. The number of anilines is 1. The standard InChI is InChI=1S/C17H16FN3/c18-16-8-12(9-19)4-5-14(16)10-21-7-6-13-2-1-3-17(20)15(13)11-21/h1-5,8H,6-7,10-11,20H2. The molecule has 0 radical (unpaired) electrons. The van der Waals surface area contributed by atoms with Gasteiger partial charge >= 0.3 is 0 Å². The van der Waals surface area contributed by atoms with Crippen molar-refractivity contribution < 1.29 is 4.39 Å². The Labute approximate surface area is 123 Å². The molecule has 106 valence electrons. The van der Waals surface area contributed by atoms with E-state index in [-0.39, 0.29) is 5.82 Å². The predicted molar refractivity (Wildman–Crippen MR) is 79.8 cm³/mol. The second-order valence-electron chi connectivity index (χ2n) is 5.36. The molecule has 0 unspecified atom stereocenters. The van der Waals surface area contributed by atoms with Crippen molar-refractivity contribution in [3.05, 3.63) is 64.5 Å². The van der Waals surface area contributed by atoms with E-state index in [0.29, 0.717) is 17.7 Å². The minimum atomic E-state index is -0.319. The van der Waals surface area contributed by atoms with Gasteiger partial charge in [0.15, 0.2) is 0 Å². The molecule has 0 atom stereocenters. The third kappa shape index (κ3) is 2.74. The molecule has 0 spiro atoms. The Morgan fingerprint density at radius 1 is 1.29 bits per heavy atom. The second-order valence-corrected chi connectivity index (χ2v) is 5.36. The minimum absolute atomic E-state index is 0.319. The summed E-state index contributed by atoms with van der Waals surface area (Å²) in [6.45, 7) is 2.16. The van der Waals surface area contributed by atoms with E-state index < -0.39 is 0 Å². The third-order valence-corrected chi connectivity index (χ3v) is 3.96. The molecule has 0 aliphatic carbocycles. The highest BCUT2D eigenvalue weighted by atomic mass is 19.1. The van der Waals surface area contributed by atoms with Crippen LogP contribution in [0.2, 0.25) is 0 Å². The third-order valence-electron chi connectivity index (χ3n) is 3.96. The monoisotopic (exact) mass is 281 g/mol. The van der Waals surface area contributed by atoms with Crippen LogP contribution in [-0.2, 0) is 19.5 Å². The zero-order valence-corrected chi connectivity index (χ0v) is 11.6. The smallest absolute Gasteiger partial charge is 0.129 e. The Morgan fingerprint density at radius 3 is 2.90 bits per heavy atom. The summed E-state index contributed by atoms with van der Waals surface area (Å²) in [5.41, 5.74) is 10.2. The molecular weight excluding hydrogens is 265 g/mol. The summed E-state index contributed by atoms with van der Waals surface area (Å²) in [5.74, 6) is -0.319. The minimum Gasteiger partial charge on any atom is -0.398 e. The van der Waals surface area contributed by atoms with Crippen molar-refractivity contribution in [2.45, 2.75) is 19.5 Å². The van der Waals surface area contributed by atoms with E-state index in [4.69, 9.17) is 11.0 Å². The van der Waals surface area contributed by atoms with Gasteiger partial charge < -0.3 is 5.73 Å². The number of hydrogen-bond donors (Lipinski definition) is 1. The normalized spacial score (nSPS) is 14.5. The molecule has 3 rings (SSSR count). The molecule has 2 aromatic carbocycles. The highest BCUT2D eigenvalue weighted by molar-refractivity contribution is 5.51. The Balaban J connectivity index is 1.79. The van der Waals surface area contributed by atoms with Gasteiger partial charge in [-0.3, -0.25) is 4.90 Å². The summed E-state index contributed by atoms with van der Waals surface area (Å²) in [4.78, 5) is 2.18. The summed E-state index contributed by atoms with van der Waals surface area (Å²) in [6.07, 6.45) is 0.929. The van der Waals surface area contributed by atoms with Crippen LogP contribution in [0.3, 0.4) is 0 Å². The fourth-order valence-corrected chi connectivity index (χ4v) is 2.78. The van der Waals surface area contributed by atoms with Gasteiger partial charge in [0.25, 0.3) is 0 Å². The van der Waals surface area contributed by atoms with E-state index in [2.05, 4.69) is 11.0 Å². The van der Waals surface area contributed by atoms with Crippen molar-refractivity contribution in [1.29, 1.82) is 5.26 Å². The van der Waals surface area contributed by atoms with E-state index in [9.17, 15) is 4.39 Å². The summed E-state index contributed by atoms with van der Waals surface area (Å²) < 4.78 is 14.0. The lowest BCUT2D eigenvalue weighted by atomic mass is 9.97. The van der Waals surface area contributed by atoms with Gasteiger partial charge in [0.1, 0.15) is 5.82 Å². The predicted octanol–water partition coefficient (Wildman–Crippen LogP) is 2.84. The van der Waals surface area contributed by atoms with Crippen LogP contribution < -0.4 is 5.73 Å². The highest BCUT2D eigenvalue weighted by Gasteiger charge is 2.19. The molecule has 0 fully saturated rings. The van der Waals surface area contributed by atoms with Crippen LogP contribution in [0.15, 0.2) is 36.4 Å². The van der Waals surface area contributed by atoms with E-state index in [1.54, 1.807) is 12.1 Å². The maximum Gasteiger partial charge on any atom is 0.129 e. The van der Waals surface area contributed by atoms with E-state index >= 15 is 0 Å². The Morgan fingerprint density at radius 2 is 2.14 bits per heavy atom. The van der Waals surface area contributed by atoms with Crippen LogP contribution in [0, 0.1) is 17.1 Å². The van der Waals surface area contributed by atoms with Gasteiger partial charge in [0.05, 0.1) is 11.6 Å². The first-order chi connectivity index (χ1) is 10.2. The lowest BCUT2D eigenvalue weighted by molar-refractivity contribution is 0.243. The van der Waals surface area contributed by atoms with Crippen LogP contribution in [0.5, 0.6) is 0 Å². The van der Waals surface area contributed by atoms with Crippen molar-refractivity contribution >= 4 is 5.69 Å². The van der Waals surface area contributed by atoms with Gasteiger partial charge in [-0.2, -0.15) is 5.26 Å². The number of nitriles is 1. The number of rotatable bonds is 2. The molecule has 4 heteroatoms. The number of benzene rings is 2. The first-order valence-corrected chi connectivity index (χ1v) is 6.94. The SMILES string of the molecule is N#Cc1ccc(CN2CCc3cccc(N)c3C2)c(F)c1. The average Bonchev–Trinajstić information content (AvgIpc) is 2.50. The fraction of sp³-hybridized carbons (Fsp3) is 0.235. The molecule has 2 aromatic rings. The molecule has 0 saturated heterocycles. The molecule has 1 aliphatic rings. The van der Waals surface area contributed by atoms with Crippen LogP contribution in [0.25, 0.3) is 0 Å². The summed E-state index contributed by atoms with van der Waals surface area (Å²) in [6, 6.07) is 12.6. The number of nitrogens with two attached hydrogens (primary N) is 1. The summed E-state index contributed by atoms with van der Waals surface area (Å²) in [7, 11) is 0. The first kappa shape index (κ1) is 13.6. The number of fused-ring (bicyclic) bond motifs is 1. The molecule has 21 heavy (non-hydrogen) atoms. The van der Waals surface area contributed by atoms with Crippen LogP contribution >= 0.6 is 0 Å². The number of hydrogen-bond acceptors (Lipinski definition) is 3. The van der Waals surface area contributed by atoms with Gasteiger partial charge in [0.2, 0.25) is 0 Å². The number of nitrogens with zero attached hydrogens (tertiary/aromatic N) is 2. The van der Waals surface area contributed by atoms with Crippen molar-refractivity contribution in [3.8, 4) is 6.07 Å². The van der Waals surface area contributed by atoms with Crippen molar-refractivity contribution in [3.63, 3.8) is 0 Å². The Kier molecular flexibility index (Phi) is 3.59. The van der Waals surface area contributed by atoms with Gasteiger partial charge in [-0.25, -0.2) is 4.39 Å². The number of nitrogen functional groups attached to an aromatic ring is 1. The van der Waals surface area contributed by atoms with E-state index in [0.717, 1.165) is 30.8 Å².